The van der Waals surface area contributed by atoms with Crippen LogP contribution >= 0.6 is 0 Å². The molecule has 2 aliphatic rings. The average molecular weight is 402 g/mol. The summed E-state index contributed by atoms with van der Waals surface area (Å²) >= 11 is 0. The van der Waals surface area contributed by atoms with Crippen molar-refractivity contribution in [3.8, 4) is 0 Å². The van der Waals surface area contributed by atoms with Gasteiger partial charge in [-0.15, -0.1) is 0 Å². The molecule has 4 nitrogen and oxygen atoms in total. The maximum atomic E-state index is 13.6. The van der Waals surface area contributed by atoms with Crippen LogP contribution in [-0.4, -0.2) is 46.2 Å². The number of nitrogens with zero attached hydrogens (tertiary/aromatic N) is 3. The molecule has 1 saturated carbocycles. The topological polar surface area (TPSA) is 46.1 Å². The highest BCUT2D eigenvalue weighted by Crippen LogP contribution is 2.40. The Morgan fingerprint density at radius 2 is 2.03 bits per heavy atom. The van der Waals surface area contributed by atoms with Crippen molar-refractivity contribution in [2.24, 2.45) is 11.8 Å². The molecule has 0 radical (unpaired) electrons. The summed E-state index contributed by atoms with van der Waals surface area (Å²) in [7, 11) is 0. The summed E-state index contributed by atoms with van der Waals surface area (Å²) in [6.45, 7) is 5.61. The lowest BCUT2D eigenvalue weighted by Gasteiger charge is -2.29. The van der Waals surface area contributed by atoms with Crippen LogP contribution in [0.15, 0.2) is 24.5 Å². The van der Waals surface area contributed by atoms with Gasteiger partial charge in [-0.05, 0) is 50.8 Å². The number of para-hydroxylation sites is 1. The summed E-state index contributed by atoms with van der Waals surface area (Å²) in [4.78, 5) is 24.3. The quantitative estimate of drug-likeness (QED) is 0.645. The Morgan fingerprint density at radius 1 is 1.24 bits per heavy atom. The van der Waals surface area contributed by atoms with E-state index in [4.69, 9.17) is 0 Å². The van der Waals surface area contributed by atoms with Crippen LogP contribution in [0.1, 0.15) is 61.5 Å². The molecule has 1 saturated heterocycles. The fourth-order valence-electron chi connectivity index (χ4n) is 4.87. The number of carbonyl (C=O) groups is 1. The highest BCUT2D eigenvalue weighted by Gasteiger charge is 2.42. The Kier molecular flexibility index (Phi) is 5.91. The minimum atomic E-state index is -2.73. The number of likely N-dealkylation sites (tertiary alicyclic amines) is 1. The van der Waals surface area contributed by atoms with E-state index in [9.17, 15) is 13.6 Å². The number of rotatable bonds is 6. The number of alkyl halides is 2. The zero-order valence-corrected chi connectivity index (χ0v) is 17.0. The van der Waals surface area contributed by atoms with Crippen molar-refractivity contribution in [1.82, 2.24) is 14.9 Å². The summed E-state index contributed by atoms with van der Waals surface area (Å²) in [5.74, 6) is -3.11. The fraction of sp³-hybridized carbons (Fsp3) is 0.609. The smallest absolute Gasteiger partial charge is 0.248 e. The maximum absolute atomic E-state index is 13.6. The monoisotopic (exact) mass is 401 g/mol. The largest absolute Gasteiger partial charge is 0.303 e. The Labute approximate surface area is 170 Å². The number of benzene rings is 1. The van der Waals surface area contributed by atoms with Crippen LogP contribution in [0.25, 0.3) is 10.9 Å². The molecule has 0 bridgehead atoms. The number of carbonyl (C=O) groups excluding carboxylic acids is 1. The van der Waals surface area contributed by atoms with Gasteiger partial charge in [0.15, 0.2) is 5.78 Å². The van der Waals surface area contributed by atoms with Crippen molar-refractivity contribution in [1.29, 1.82) is 0 Å². The predicted octanol–water partition coefficient (Wildman–Crippen LogP) is 4.91. The van der Waals surface area contributed by atoms with Crippen molar-refractivity contribution < 1.29 is 13.6 Å². The van der Waals surface area contributed by atoms with E-state index < -0.39 is 11.8 Å². The van der Waals surface area contributed by atoms with Crippen LogP contribution in [0.5, 0.6) is 0 Å². The van der Waals surface area contributed by atoms with E-state index in [1.165, 1.54) is 38.7 Å². The normalized spacial score (nSPS) is 23.3. The molecular weight excluding hydrogens is 372 g/mol. The van der Waals surface area contributed by atoms with Gasteiger partial charge in [-0.25, -0.2) is 18.7 Å². The number of ketones is 1. The lowest BCUT2D eigenvalue weighted by molar-refractivity contribution is 0.00531. The number of piperidine rings is 1. The Bertz CT molecular complexity index is 880. The molecular formula is C23H29F2N3O. The van der Waals surface area contributed by atoms with E-state index in [1.54, 1.807) is 6.07 Å². The third-order valence-corrected chi connectivity index (χ3v) is 6.35. The van der Waals surface area contributed by atoms with Crippen LogP contribution in [0.4, 0.5) is 8.78 Å². The van der Waals surface area contributed by atoms with Crippen LogP contribution in [0.2, 0.25) is 0 Å². The van der Waals surface area contributed by atoms with Crippen molar-refractivity contribution in [2.45, 2.75) is 57.8 Å². The first kappa shape index (κ1) is 20.3. The predicted molar refractivity (Wildman–Crippen MR) is 109 cm³/mol. The lowest BCUT2D eigenvalue weighted by Crippen LogP contribution is -2.34. The van der Waals surface area contributed by atoms with E-state index in [-0.39, 0.29) is 25.0 Å². The van der Waals surface area contributed by atoms with Crippen molar-refractivity contribution >= 4 is 16.7 Å². The van der Waals surface area contributed by atoms with E-state index in [1.807, 2.05) is 12.1 Å². The van der Waals surface area contributed by atoms with E-state index in [2.05, 4.69) is 21.8 Å². The molecule has 156 valence electrons. The van der Waals surface area contributed by atoms with Crippen molar-refractivity contribution in [2.75, 3.05) is 19.6 Å². The van der Waals surface area contributed by atoms with Gasteiger partial charge in [0.05, 0.1) is 11.2 Å². The van der Waals surface area contributed by atoms with Crippen LogP contribution in [0, 0.1) is 11.8 Å². The third-order valence-electron chi connectivity index (χ3n) is 6.35. The minimum Gasteiger partial charge on any atom is -0.303 e. The van der Waals surface area contributed by atoms with Crippen molar-refractivity contribution in [3.05, 3.63) is 35.8 Å². The molecule has 1 aliphatic carbocycles. The van der Waals surface area contributed by atoms with Crippen molar-refractivity contribution in [3.63, 3.8) is 0 Å². The molecule has 2 fully saturated rings. The van der Waals surface area contributed by atoms with Crippen LogP contribution in [0.3, 0.4) is 0 Å². The second-order valence-corrected chi connectivity index (χ2v) is 8.85. The van der Waals surface area contributed by atoms with E-state index >= 15 is 0 Å². The van der Waals surface area contributed by atoms with Gasteiger partial charge in [0, 0.05) is 36.3 Å². The first-order valence-corrected chi connectivity index (χ1v) is 10.8. The van der Waals surface area contributed by atoms with Gasteiger partial charge in [-0.1, -0.05) is 25.5 Å². The molecule has 2 aromatic rings. The maximum Gasteiger partial charge on any atom is 0.248 e. The first-order valence-electron chi connectivity index (χ1n) is 10.8. The molecule has 4 rings (SSSR count). The highest BCUT2D eigenvalue weighted by atomic mass is 19.3. The summed E-state index contributed by atoms with van der Waals surface area (Å²) in [6.07, 6.45) is 5.87. The molecule has 0 amide bonds. The molecule has 1 aromatic carbocycles. The summed E-state index contributed by atoms with van der Waals surface area (Å²) in [6, 6.07) is 5.48. The molecule has 2 heterocycles. The molecule has 0 spiro atoms. The molecule has 1 unspecified atom stereocenters. The molecule has 0 N–H and O–H groups in total. The van der Waals surface area contributed by atoms with Gasteiger partial charge < -0.3 is 4.90 Å². The number of fused-ring (bicyclic) bond motifs is 1. The molecule has 1 aromatic heterocycles. The second-order valence-electron chi connectivity index (χ2n) is 8.85. The number of aromatic nitrogens is 2. The van der Waals surface area contributed by atoms with Gasteiger partial charge in [0.1, 0.15) is 6.33 Å². The lowest BCUT2D eigenvalue weighted by atomic mass is 9.93. The summed E-state index contributed by atoms with van der Waals surface area (Å²) < 4.78 is 27.2. The molecule has 6 heteroatoms. The molecule has 29 heavy (non-hydrogen) atoms. The van der Waals surface area contributed by atoms with Gasteiger partial charge >= 0.3 is 0 Å². The van der Waals surface area contributed by atoms with Gasteiger partial charge in [0.25, 0.3) is 0 Å². The fourth-order valence-corrected chi connectivity index (χ4v) is 4.87. The van der Waals surface area contributed by atoms with Gasteiger partial charge in [-0.3, -0.25) is 4.79 Å². The SMILES string of the molecule is C[C@H](Cc1ncnc2c(C(=O)C3CCC(F)(F)C3)cccc12)CN1CCCCC1. The summed E-state index contributed by atoms with van der Waals surface area (Å²) in [5.41, 5.74) is 1.99. The molecule has 1 aliphatic heterocycles. The van der Waals surface area contributed by atoms with E-state index in [0.717, 1.165) is 24.0 Å². The zero-order valence-electron chi connectivity index (χ0n) is 17.0. The highest BCUT2D eigenvalue weighted by molar-refractivity contribution is 6.08. The number of hydrogen-bond acceptors (Lipinski definition) is 4. The van der Waals surface area contributed by atoms with Gasteiger partial charge in [0.2, 0.25) is 5.92 Å². The summed E-state index contributed by atoms with van der Waals surface area (Å²) in [5, 5.41) is 0.869. The molecule has 2 atom stereocenters. The first-order chi connectivity index (χ1) is 13.9. The number of hydrogen-bond donors (Lipinski definition) is 0. The average Bonchev–Trinajstić information content (AvgIpc) is 3.08. The van der Waals surface area contributed by atoms with Crippen LogP contribution < -0.4 is 0 Å². The number of Topliss-reactive ketones (excluding diaryl/α,β-unsaturated/α-hetero) is 1. The Hall–Kier alpha value is -1.95. The standard InChI is InChI=1S/C23H29F2N3O/c1-16(14-28-10-3-2-4-11-28)12-20-18-6-5-7-19(21(18)27-15-26-20)22(29)17-8-9-23(24,25)13-17/h5-7,15-17H,2-4,8-14H2,1H3/t16-,17?/m1/s1. The number of halogens is 2. The minimum absolute atomic E-state index is 0.206. The van der Waals surface area contributed by atoms with Gasteiger partial charge in [-0.2, -0.15) is 0 Å². The zero-order chi connectivity index (χ0) is 20.4. The van der Waals surface area contributed by atoms with E-state index in [0.29, 0.717) is 17.0 Å². The second kappa shape index (κ2) is 8.42. The van der Waals surface area contributed by atoms with Crippen LogP contribution in [-0.2, 0) is 6.42 Å². The Morgan fingerprint density at radius 3 is 2.76 bits per heavy atom. The Balaban J connectivity index is 1.54. The third kappa shape index (κ3) is 4.63.